The number of carbonyl (C=O) groups excluding carboxylic acids is 2. The molecule has 0 radical (unpaired) electrons. The maximum Gasteiger partial charge on any atom is 0.322 e. The zero-order valence-corrected chi connectivity index (χ0v) is 10.3. The highest BCUT2D eigenvalue weighted by molar-refractivity contribution is 5.86. The summed E-state index contributed by atoms with van der Waals surface area (Å²) in [6.45, 7) is 0.969. The van der Waals surface area contributed by atoms with Gasteiger partial charge in [-0.25, -0.2) is 4.79 Å². The minimum absolute atomic E-state index is 0.194. The second-order valence-electron chi connectivity index (χ2n) is 3.80. The van der Waals surface area contributed by atoms with Crippen molar-refractivity contribution in [3.05, 3.63) is 0 Å². The zero-order valence-electron chi connectivity index (χ0n) is 10.3. The van der Waals surface area contributed by atoms with E-state index in [0.717, 1.165) is 0 Å². The van der Waals surface area contributed by atoms with Crippen molar-refractivity contribution in [2.45, 2.75) is 6.10 Å². The van der Waals surface area contributed by atoms with Gasteiger partial charge in [-0.15, -0.1) is 0 Å². The summed E-state index contributed by atoms with van der Waals surface area (Å²) >= 11 is 0. The normalized spacial score (nSPS) is 18.4. The Morgan fingerprint density at radius 3 is 2.53 bits per heavy atom. The van der Waals surface area contributed by atoms with Crippen LogP contribution in [0.5, 0.6) is 0 Å². The largest absolute Gasteiger partial charge is 0.480 e. The molecule has 1 rings (SSSR count). The third-order valence-corrected chi connectivity index (χ3v) is 2.22. The quantitative estimate of drug-likeness (QED) is 0.440. The van der Waals surface area contributed by atoms with Crippen LogP contribution in [0.3, 0.4) is 0 Å². The van der Waals surface area contributed by atoms with E-state index in [-0.39, 0.29) is 19.2 Å². The van der Waals surface area contributed by atoms with Crippen LogP contribution in [-0.2, 0) is 19.1 Å². The summed E-state index contributed by atoms with van der Waals surface area (Å²) in [7, 11) is 0. The Bertz CT molecular complexity index is 329. The summed E-state index contributed by atoms with van der Waals surface area (Å²) in [6.07, 6.45) is -0.194. The van der Waals surface area contributed by atoms with Crippen LogP contribution in [0.1, 0.15) is 0 Å². The van der Waals surface area contributed by atoms with Crippen molar-refractivity contribution in [1.82, 2.24) is 16.0 Å². The van der Waals surface area contributed by atoms with E-state index in [1.54, 1.807) is 0 Å². The van der Waals surface area contributed by atoms with Crippen molar-refractivity contribution < 1.29 is 29.0 Å². The van der Waals surface area contributed by atoms with Gasteiger partial charge in [0.05, 0.1) is 32.5 Å². The molecule has 1 aliphatic heterocycles. The van der Waals surface area contributed by atoms with Crippen molar-refractivity contribution in [3.8, 4) is 0 Å². The molecule has 0 bridgehead atoms. The molecule has 1 fully saturated rings. The van der Waals surface area contributed by atoms with Gasteiger partial charge in [0.15, 0.2) is 0 Å². The lowest BCUT2D eigenvalue weighted by Crippen LogP contribution is -2.46. The van der Waals surface area contributed by atoms with Crippen molar-refractivity contribution in [2.75, 3.05) is 39.5 Å². The number of carbonyl (C=O) groups is 3. The van der Waals surface area contributed by atoms with E-state index in [1.165, 1.54) is 0 Å². The molecule has 0 aromatic rings. The first kappa shape index (κ1) is 15.2. The second-order valence-corrected chi connectivity index (χ2v) is 3.80. The van der Waals surface area contributed by atoms with Crippen molar-refractivity contribution in [2.24, 2.45) is 0 Å². The summed E-state index contributed by atoms with van der Waals surface area (Å²) in [5, 5.41) is 15.3. The molecule has 4 N–H and O–H groups in total. The number of nitrogens with one attached hydrogen (secondary N) is 3. The predicted molar refractivity (Wildman–Crippen MR) is 62.6 cm³/mol. The number of carboxylic acids is 1. The molecular formula is C10H17N3O6. The molecule has 1 atom stereocenters. The predicted octanol–water partition coefficient (Wildman–Crippen LogP) is -2.10. The molecule has 0 spiro atoms. The van der Waals surface area contributed by atoms with Gasteiger partial charge in [0.2, 0.25) is 5.91 Å². The molecular weight excluding hydrogens is 258 g/mol. The first-order chi connectivity index (χ1) is 9.08. The van der Waals surface area contributed by atoms with Gasteiger partial charge < -0.3 is 30.5 Å². The van der Waals surface area contributed by atoms with Crippen LogP contribution in [-0.4, -0.2) is 68.6 Å². The Balaban J connectivity index is 2.06. The van der Waals surface area contributed by atoms with Crippen LogP contribution in [0.4, 0.5) is 4.79 Å². The molecule has 1 unspecified atom stereocenters. The number of hydrogen-bond donors (Lipinski definition) is 4. The second kappa shape index (κ2) is 8.27. The average molecular weight is 275 g/mol. The van der Waals surface area contributed by atoms with Gasteiger partial charge in [-0.3, -0.25) is 9.59 Å². The van der Waals surface area contributed by atoms with Gasteiger partial charge >= 0.3 is 12.0 Å². The first-order valence-electron chi connectivity index (χ1n) is 5.77. The lowest BCUT2D eigenvalue weighted by molar-refractivity contribution is -0.137. The van der Waals surface area contributed by atoms with E-state index in [4.69, 9.17) is 14.6 Å². The molecule has 1 aliphatic rings. The SMILES string of the molecule is O=C(O)CNC(=O)CNC(=O)NCC1COCCO1. The molecule has 3 amide bonds. The molecule has 1 saturated heterocycles. The number of carboxylic acid groups (broad SMARTS) is 1. The molecule has 9 heteroatoms. The molecule has 9 nitrogen and oxygen atoms in total. The summed E-state index contributed by atoms with van der Waals surface area (Å²) in [5.74, 6) is -1.72. The maximum absolute atomic E-state index is 11.3. The summed E-state index contributed by atoms with van der Waals surface area (Å²) in [6, 6.07) is -0.528. The Morgan fingerprint density at radius 1 is 1.11 bits per heavy atom. The van der Waals surface area contributed by atoms with Crippen LogP contribution in [0, 0.1) is 0 Å². The highest BCUT2D eigenvalue weighted by atomic mass is 16.6. The summed E-state index contributed by atoms with van der Waals surface area (Å²) in [4.78, 5) is 32.6. The van der Waals surface area contributed by atoms with E-state index < -0.39 is 24.5 Å². The lowest BCUT2D eigenvalue weighted by Gasteiger charge is -2.23. The first-order valence-corrected chi connectivity index (χ1v) is 5.77. The number of rotatable bonds is 6. The highest BCUT2D eigenvalue weighted by Crippen LogP contribution is 1.98. The number of amides is 3. The molecule has 108 valence electrons. The van der Waals surface area contributed by atoms with Gasteiger partial charge in [-0.1, -0.05) is 0 Å². The smallest absolute Gasteiger partial charge is 0.322 e. The molecule has 0 aromatic carbocycles. The molecule has 19 heavy (non-hydrogen) atoms. The van der Waals surface area contributed by atoms with E-state index in [0.29, 0.717) is 19.8 Å². The summed E-state index contributed by atoms with van der Waals surface area (Å²) < 4.78 is 10.5. The van der Waals surface area contributed by atoms with Crippen molar-refractivity contribution in [1.29, 1.82) is 0 Å². The highest BCUT2D eigenvalue weighted by Gasteiger charge is 2.15. The van der Waals surface area contributed by atoms with Crippen molar-refractivity contribution in [3.63, 3.8) is 0 Å². The average Bonchev–Trinajstić information content (AvgIpc) is 2.41. The van der Waals surface area contributed by atoms with Crippen molar-refractivity contribution >= 4 is 17.9 Å². The van der Waals surface area contributed by atoms with E-state index in [2.05, 4.69) is 16.0 Å². The number of urea groups is 1. The molecule has 0 aliphatic carbocycles. The van der Waals surface area contributed by atoms with Crippen LogP contribution >= 0.6 is 0 Å². The summed E-state index contributed by atoms with van der Waals surface area (Å²) in [5.41, 5.74) is 0. The number of ether oxygens (including phenoxy) is 2. The maximum atomic E-state index is 11.3. The van der Waals surface area contributed by atoms with Gasteiger partial charge in [0.25, 0.3) is 0 Å². The number of aliphatic carboxylic acids is 1. The monoisotopic (exact) mass is 275 g/mol. The molecule has 0 saturated carbocycles. The van der Waals surface area contributed by atoms with Crippen LogP contribution < -0.4 is 16.0 Å². The molecule has 0 aromatic heterocycles. The Labute approximate surface area is 109 Å². The number of hydrogen-bond acceptors (Lipinski definition) is 5. The fourth-order valence-electron chi connectivity index (χ4n) is 1.32. The zero-order chi connectivity index (χ0) is 14.1. The Hall–Kier alpha value is -1.87. The van der Waals surface area contributed by atoms with Crippen LogP contribution in [0.2, 0.25) is 0 Å². The lowest BCUT2D eigenvalue weighted by atomic mass is 10.3. The van der Waals surface area contributed by atoms with Crippen LogP contribution in [0.15, 0.2) is 0 Å². The van der Waals surface area contributed by atoms with E-state index in [9.17, 15) is 14.4 Å². The topological polar surface area (TPSA) is 126 Å². The standard InChI is InChI=1S/C10H17N3O6/c14-8(11-5-9(15)16)4-13-10(17)12-3-7-6-18-1-2-19-7/h7H,1-6H2,(H,11,14)(H,15,16)(H2,12,13,17). The van der Waals surface area contributed by atoms with Gasteiger partial charge in [0, 0.05) is 6.54 Å². The Morgan fingerprint density at radius 2 is 1.89 bits per heavy atom. The van der Waals surface area contributed by atoms with E-state index >= 15 is 0 Å². The Kier molecular flexibility index (Phi) is 6.61. The van der Waals surface area contributed by atoms with Crippen LogP contribution in [0.25, 0.3) is 0 Å². The molecule has 1 heterocycles. The third kappa shape index (κ3) is 7.21. The fraction of sp³-hybridized carbons (Fsp3) is 0.700. The minimum Gasteiger partial charge on any atom is -0.480 e. The van der Waals surface area contributed by atoms with E-state index in [1.807, 2.05) is 0 Å². The fourth-order valence-corrected chi connectivity index (χ4v) is 1.32. The minimum atomic E-state index is -1.15. The van der Waals surface area contributed by atoms with Gasteiger partial charge in [-0.2, -0.15) is 0 Å². The van der Waals surface area contributed by atoms with Gasteiger partial charge in [0.1, 0.15) is 6.54 Å². The van der Waals surface area contributed by atoms with Gasteiger partial charge in [-0.05, 0) is 0 Å². The third-order valence-electron chi connectivity index (χ3n) is 2.22.